The van der Waals surface area contributed by atoms with E-state index < -0.39 is 16.1 Å². The van der Waals surface area contributed by atoms with Gasteiger partial charge < -0.3 is 4.74 Å². The summed E-state index contributed by atoms with van der Waals surface area (Å²) in [5.41, 5.74) is 1.77. The van der Waals surface area contributed by atoms with Crippen LogP contribution >= 0.6 is 0 Å². The highest BCUT2D eigenvalue weighted by Crippen LogP contribution is 2.29. The van der Waals surface area contributed by atoms with Crippen LogP contribution in [0.15, 0.2) is 82.5 Å². The molecular formula is C30H35N3O4S. The largest absolute Gasteiger partial charge is 0.491 e. The lowest BCUT2D eigenvalue weighted by molar-refractivity contribution is 0.242. The van der Waals surface area contributed by atoms with E-state index in [2.05, 4.69) is 20.8 Å². The molecule has 1 aromatic heterocycles. The van der Waals surface area contributed by atoms with E-state index in [1.807, 2.05) is 32.0 Å². The summed E-state index contributed by atoms with van der Waals surface area (Å²) < 4.78 is 35.8. The summed E-state index contributed by atoms with van der Waals surface area (Å²) in [6.07, 6.45) is 0.0119. The quantitative estimate of drug-likeness (QED) is 0.298. The SMILES string of the molecule is CC(C)Oc1ccc(-n2c(C(C)N(C)S(=O)(=O)c3ccc(C(C)(C)C)cc3)nc3ccccc3c2=O)cc1. The van der Waals surface area contributed by atoms with E-state index in [-0.39, 0.29) is 22.0 Å². The molecule has 0 radical (unpaired) electrons. The fraction of sp³-hybridized carbons (Fsp3) is 0.333. The van der Waals surface area contributed by atoms with Gasteiger partial charge >= 0.3 is 0 Å². The topological polar surface area (TPSA) is 81.5 Å². The third kappa shape index (κ3) is 5.37. The highest BCUT2D eigenvalue weighted by molar-refractivity contribution is 7.89. The van der Waals surface area contributed by atoms with Crippen molar-refractivity contribution in [2.45, 2.75) is 64.0 Å². The van der Waals surface area contributed by atoms with Crippen molar-refractivity contribution in [1.82, 2.24) is 13.9 Å². The highest BCUT2D eigenvalue weighted by atomic mass is 32.2. The second-order valence-electron chi connectivity index (χ2n) is 10.8. The van der Waals surface area contributed by atoms with Gasteiger partial charge in [-0.15, -0.1) is 0 Å². The number of para-hydroxylation sites is 1. The average molecular weight is 534 g/mol. The van der Waals surface area contributed by atoms with Crippen LogP contribution in [0.4, 0.5) is 0 Å². The first kappa shape index (κ1) is 27.5. The molecule has 0 bridgehead atoms. The van der Waals surface area contributed by atoms with E-state index >= 15 is 0 Å². The molecule has 7 nitrogen and oxygen atoms in total. The number of hydrogen-bond donors (Lipinski definition) is 0. The first-order valence-corrected chi connectivity index (χ1v) is 14.1. The van der Waals surface area contributed by atoms with E-state index in [4.69, 9.17) is 9.72 Å². The van der Waals surface area contributed by atoms with E-state index in [9.17, 15) is 13.2 Å². The van der Waals surface area contributed by atoms with Crippen molar-refractivity contribution in [3.05, 3.63) is 94.5 Å². The summed E-state index contributed by atoms with van der Waals surface area (Å²) in [7, 11) is -2.36. The second kappa shape index (κ2) is 10.3. The minimum absolute atomic E-state index is 0.0119. The van der Waals surface area contributed by atoms with Crippen molar-refractivity contribution in [3.63, 3.8) is 0 Å². The maximum Gasteiger partial charge on any atom is 0.266 e. The fourth-order valence-electron chi connectivity index (χ4n) is 4.29. The number of benzene rings is 3. The molecule has 3 aromatic carbocycles. The first-order valence-electron chi connectivity index (χ1n) is 12.7. The summed E-state index contributed by atoms with van der Waals surface area (Å²) in [4.78, 5) is 18.7. The van der Waals surface area contributed by atoms with Crippen LogP contribution < -0.4 is 10.3 Å². The predicted octanol–water partition coefficient (Wildman–Crippen LogP) is 5.85. The maximum atomic E-state index is 13.7. The van der Waals surface area contributed by atoms with Gasteiger partial charge in [0.1, 0.15) is 11.6 Å². The zero-order valence-electron chi connectivity index (χ0n) is 23.0. The Morgan fingerprint density at radius 2 is 1.50 bits per heavy atom. The minimum Gasteiger partial charge on any atom is -0.491 e. The third-order valence-corrected chi connectivity index (χ3v) is 8.53. The smallest absolute Gasteiger partial charge is 0.266 e. The number of hydrogen-bond acceptors (Lipinski definition) is 5. The van der Waals surface area contributed by atoms with Crippen molar-refractivity contribution < 1.29 is 13.2 Å². The Balaban J connectivity index is 1.81. The highest BCUT2D eigenvalue weighted by Gasteiger charge is 2.30. The molecule has 0 spiro atoms. The monoisotopic (exact) mass is 533 g/mol. The molecule has 1 heterocycles. The standard InChI is InChI=1S/C30H35N3O4S/c1-20(2)37-24-16-14-23(15-17-24)33-28(31-27-11-9-8-10-26(27)29(33)34)21(3)32(7)38(35,36)25-18-12-22(13-19-25)30(4,5)6/h8-21H,1-7H3. The Bertz CT molecular complexity index is 1600. The zero-order chi connectivity index (χ0) is 27.8. The van der Waals surface area contributed by atoms with Gasteiger partial charge in [0.25, 0.3) is 5.56 Å². The molecule has 0 aliphatic carbocycles. The number of ether oxygens (including phenoxy) is 1. The molecule has 200 valence electrons. The number of sulfonamides is 1. The molecule has 0 saturated heterocycles. The van der Waals surface area contributed by atoms with Crippen LogP contribution in [0, 0.1) is 0 Å². The molecule has 0 aliphatic rings. The van der Waals surface area contributed by atoms with Crippen molar-refractivity contribution in [3.8, 4) is 11.4 Å². The maximum absolute atomic E-state index is 13.7. The van der Waals surface area contributed by atoms with Crippen LogP contribution in [-0.2, 0) is 15.4 Å². The second-order valence-corrected chi connectivity index (χ2v) is 12.8. The number of aromatic nitrogens is 2. The first-order chi connectivity index (χ1) is 17.8. The minimum atomic E-state index is -3.88. The van der Waals surface area contributed by atoms with Crippen molar-refractivity contribution in [2.24, 2.45) is 0 Å². The van der Waals surface area contributed by atoms with Gasteiger partial charge in [0.2, 0.25) is 10.0 Å². The molecular weight excluding hydrogens is 498 g/mol. The van der Waals surface area contributed by atoms with E-state index in [0.717, 1.165) is 5.56 Å². The number of nitrogens with zero attached hydrogens (tertiary/aromatic N) is 3. The Labute approximate surface area is 224 Å². The molecule has 0 aliphatic heterocycles. The lowest BCUT2D eigenvalue weighted by Gasteiger charge is -2.27. The van der Waals surface area contributed by atoms with Gasteiger partial charge in [-0.3, -0.25) is 9.36 Å². The van der Waals surface area contributed by atoms with Crippen LogP contribution in [0.5, 0.6) is 5.75 Å². The number of rotatable bonds is 7. The molecule has 0 fully saturated rings. The van der Waals surface area contributed by atoms with Gasteiger partial charge in [-0.25, -0.2) is 13.4 Å². The Morgan fingerprint density at radius 1 is 0.895 bits per heavy atom. The molecule has 0 amide bonds. The molecule has 4 aromatic rings. The summed E-state index contributed by atoms with van der Waals surface area (Å²) in [5.74, 6) is 1.00. The van der Waals surface area contributed by atoms with Crippen molar-refractivity contribution in [1.29, 1.82) is 0 Å². The number of fused-ring (bicyclic) bond motifs is 1. The van der Waals surface area contributed by atoms with Crippen LogP contribution in [0.2, 0.25) is 0 Å². The summed E-state index contributed by atoms with van der Waals surface area (Å²) >= 11 is 0. The summed E-state index contributed by atoms with van der Waals surface area (Å²) in [5, 5.41) is 0.453. The van der Waals surface area contributed by atoms with Gasteiger partial charge in [-0.05, 0) is 80.3 Å². The van der Waals surface area contributed by atoms with Crippen LogP contribution in [-0.4, -0.2) is 35.4 Å². The summed E-state index contributed by atoms with van der Waals surface area (Å²) in [6.45, 7) is 11.9. The van der Waals surface area contributed by atoms with Crippen LogP contribution in [0.25, 0.3) is 16.6 Å². The lowest BCUT2D eigenvalue weighted by Crippen LogP contribution is -2.35. The van der Waals surface area contributed by atoms with Crippen LogP contribution in [0.3, 0.4) is 0 Å². The third-order valence-electron chi connectivity index (χ3n) is 6.58. The van der Waals surface area contributed by atoms with Gasteiger partial charge in [0.05, 0.1) is 33.6 Å². The molecule has 0 N–H and O–H groups in total. The van der Waals surface area contributed by atoms with Gasteiger partial charge in [-0.2, -0.15) is 4.31 Å². The van der Waals surface area contributed by atoms with E-state index in [1.54, 1.807) is 61.5 Å². The van der Waals surface area contributed by atoms with E-state index in [0.29, 0.717) is 28.2 Å². The molecule has 1 atom stereocenters. The molecule has 0 saturated carbocycles. The predicted molar refractivity (Wildman–Crippen MR) is 152 cm³/mol. The van der Waals surface area contributed by atoms with Crippen molar-refractivity contribution >= 4 is 20.9 Å². The van der Waals surface area contributed by atoms with Crippen LogP contribution in [0.1, 0.15) is 59.0 Å². The Morgan fingerprint density at radius 3 is 2.08 bits per heavy atom. The molecule has 38 heavy (non-hydrogen) atoms. The molecule has 4 rings (SSSR count). The van der Waals surface area contributed by atoms with Gasteiger partial charge in [0, 0.05) is 7.05 Å². The average Bonchev–Trinajstić information content (AvgIpc) is 2.87. The fourth-order valence-corrected chi connectivity index (χ4v) is 5.61. The Hall–Kier alpha value is -3.49. The summed E-state index contributed by atoms with van der Waals surface area (Å²) in [6, 6.07) is 20.4. The van der Waals surface area contributed by atoms with Gasteiger partial charge in [-0.1, -0.05) is 45.0 Å². The van der Waals surface area contributed by atoms with E-state index in [1.165, 1.54) is 15.9 Å². The lowest BCUT2D eigenvalue weighted by atomic mass is 9.87. The molecule has 1 unspecified atom stereocenters. The van der Waals surface area contributed by atoms with Gasteiger partial charge in [0.15, 0.2) is 0 Å². The van der Waals surface area contributed by atoms with Crippen molar-refractivity contribution in [2.75, 3.05) is 7.05 Å². The zero-order valence-corrected chi connectivity index (χ0v) is 23.8. The molecule has 8 heteroatoms. The Kier molecular flexibility index (Phi) is 7.50. The normalized spacial score (nSPS) is 13.3.